The molecule has 2 aliphatic heterocycles. The summed E-state index contributed by atoms with van der Waals surface area (Å²) in [6.45, 7) is 0. The maximum Gasteiger partial charge on any atom is 0.318 e. The Kier molecular flexibility index (Phi) is 3.08. The summed E-state index contributed by atoms with van der Waals surface area (Å²) < 4.78 is 0. The predicted molar refractivity (Wildman–Crippen MR) is 61.9 cm³/mol. The van der Waals surface area contributed by atoms with Gasteiger partial charge >= 0.3 is 5.10 Å². The van der Waals surface area contributed by atoms with Crippen molar-refractivity contribution in [3.8, 4) is 0 Å². The van der Waals surface area contributed by atoms with Gasteiger partial charge in [-0.25, -0.2) is 0 Å². The van der Waals surface area contributed by atoms with Crippen LogP contribution in [0, 0.1) is 0 Å². The Hall–Kier alpha value is 0.850. The molecule has 6 heteroatoms. The van der Waals surface area contributed by atoms with Crippen molar-refractivity contribution < 1.29 is 5.11 Å². The molecular formula is C6H5OPS4. The van der Waals surface area contributed by atoms with Crippen LogP contribution in [0.3, 0.4) is 0 Å². The summed E-state index contributed by atoms with van der Waals surface area (Å²) in [5.74, 6) is 0.866. The van der Waals surface area contributed by atoms with E-state index >= 15 is 0 Å². The van der Waals surface area contributed by atoms with Crippen LogP contribution in [0.2, 0.25) is 0 Å². The molecule has 0 N–H and O–H groups in total. The summed E-state index contributed by atoms with van der Waals surface area (Å²) in [6, 6.07) is 0. The molecule has 2 heterocycles. The van der Waals surface area contributed by atoms with Gasteiger partial charge in [-0.1, -0.05) is 6.08 Å². The minimum atomic E-state index is -0.466. The monoisotopic (exact) mass is 252 g/mol. The van der Waals surface area contributed by atoms with Crippen molar-refractivity contribution in [2.24, 2.45) is 0 Å². The molecule has 0 radical (unpaired) electrons. The number of hydrogen-bond acceptors (Lipinski definition) is 5. The van der Waals surface area contributed by atoms with Crippen LogP contribution >= 0.6 is 39.6 Å². The molecule has 2 aliphatic rings. The van der Waals surface area contributed by atoms with Gasteiger partial charge in [0.2, 0.25) is 0 Å². The molecule has 0 aromatic carbocycles. The van der Waals surface area contributed by atoms with Crippen molar-refractivity contribution in [3.63, 3.8) is 0 Å². The van der Waals surface area contributed by atoms with Crippen LogP contribution in [0.25, 0.3) is 0 Å². The number of rotatable bonds is 0. The molecule has 0 fully saturated rings. The van der Waals surface area contributed by atoms with E-state index in [0.717, 1.165) is 4.91 Å². The van der Waals surface area contributed by atoms with E-state index in [0.29, 0.717) is 5.75 Å². The summed E-state index contributed by atoms with van der Waals surface area (Å²) in [7, 11) is 0. The van der Waals surface area contributed by atoms with Crippen molar-refractivity contribution >= 4 is 51.4 Å². The third kappa shape index (κ3) is 1.85. The summed E-state index contributed by atoms with van der Waals surface area (Å²) >= 11 is 10.2. The lowest BCUT2D eigenvalue weighted by Gasteiger charge is -2.12. The Balaban J connectivity index is 2.28. The molecule has 2 unspecified atom stereocenters. The Morgan fingerprint density at radius 1 is 1.67 bits per heavy atom. The lowest BCUT2D eigenvalue weighted by molar-refractivity contribution is -0.301. The maximum atomic E-state index is 11.5. The van der Waals surface area contributed by atoms with Gasteiger partial charge in [-0.15, -0.1) is 17.5 Å². The molecular weight excluding hydrogens is 247 g/mol. The van der Waals surface area contributed by atoms with E-state index in [-0.39, 0.29) is 11.0 Å². The van der Waals surface area contributed by atoms with E-state index in [9.17, 15) is 5.11 Å². The van der Waals surface area contributed by atoms with E-state index in [1.54, 1.807) is 34.5 Å². The molecule has 0 aromatic rings. The lowest BCUT2D eigenvalue weighted by atomic mass is 10.3. The first-order chi connectivity index (χ1) is 5.77. The van der Waals surface area contributed by atoms with Crippen molar-refractivity contribution in [1.82, 2.24) is 0 Å². The van der Waals surface area contributed by atoms with Gasteiger partial charge in [-0.3, -0.25) is 0 Å². The van der Waals surface area contributed by atoms with Crippen LogP contribution in [0.5, 0.6) is 0 Å². The van der Waals surface area contributed by atoms with E-state index in [2.05, 4.69) is 6.08 Å². The zero-order valence-corrected chi connectivity index (χ0v) is 10.1. The molecule has 0 bridgehead atoms. The fraction of sp³-hybridized carbons (Fsp3) is 0.333. The van der Waals surface area contributed by atoms with Gasteiger partial charge < -0.3 is 5.11 Å². The summed E-state index contributed by atoms with van der Waals surface area (Å²) in [4.78, 5) is 0.988. The highest BCUT2D eigenvalue weighted by Crippen LogP contribution is 2.59. The molecule has 64 valence electrons. The van der Waals surface area contributed by atoms with Crippen LogP contribution in [0.15, 0.2) is 22.1 Å². The summed E-state index contributed by atoms with van der Waals surface area (Å²) in [5.41, 5.74) is 0. The molecule has 2 rings (SSSR count). The predicted octanol–water partition coefficient (Wildman–Crippen LogP) is 2.44. The van der Waals surface area contributed by atoms with Crippen LogP contribution < -0.4 is 5.11 Å². The van der Waals surface area contributed by atoms with E-state index in [1.807, 2.05) is 5.41 Å². The number of hydrogen-bond donors (Lipinski definition) is 0. The molecule has 0 spiro atoms. The molecule has 0 aromatic heterocycles. The fourth-order valence-electron chi connectivity index (χ4n) is 0.951. The van der Waals surface area contributed by atoms with Crippen LogP contribution in [0.1, 0.15) is 0 Å². The Morgan fingerprint density at radius 3 is 3.33 bits per heavy atom. The Morgan fingerprint density at radius 2 is 2.50 bits per heavy atom. The molecule has 0 aliphatic carbocycles. The number of thioether (sulfide) groups is 1. The van der Waals surface area contributed by atoms with Crippen molar-refractivity contribution in [1.29, 1.82) is 0 Å². The largest absolute Gasteiger partial charge is 0.874 e. The van der Waals surface area contributed by atoms with Crippen molar-refractivity contribution in [2.75, 3.05) is 5.75 Å². The van der Waals surface area contributed by atoms with Gasteiger partial charge in [0.1, 0.15) is 28.0 Å². The minimum Gasteiger partial charge on any atom is -0.874 e. The van der Waals surface area contributed by atoms with Crippen molar-refractivity contribution in [2.45, 2.75) is 5.25 Å². The molecule has 0 amide bonds. The van der Waals surface area contributed by atoms with E-state index in [1.165, 1.54) is 0 Å². The normalized spacial score (nSPS) is 32.0. The average Bonchev–Trinajstić information content (AvgIpc) is 2.44. The second kappa shape index (κ2) is 3.93. The zero-order valence-electron chi connectivity index (χ0n) is 5.93. The van der Waals surface area contributed by atoms with Crippen LogP contribution in [-0.2, 0) is 11.8 Å². The standard InChI is InChI=1S/C6H5OPS4/c7-4-3-11-8(9)12-5-1-2-10-6(4)5/h1-2,5H,3H2. The van der Waals surface area contributed by atoms with E-state index in [4.69, 9.17) is 11.8 Å². The van der Waals surface area contributed by atoms with Crippen molar-refractivity contribution in [3.05, 3.63) is 22.1 Å². The van der Waals surface area contributed by atoms with Gasteiger partial charge in [0, 0.05) is 0 Å². The Labute approximate surface area is 89.4 Å². The van der Waals surface area contributed by atoms with Gasteiger partial charge in [-0.2, -0.15) is 0 Å². The first-order valence-electron chi connectivity index (χ1n) is 3.27. The van der Waals surface area contributed by atoms with Crippen LogP contribution in [0.4, 0.5) is 0 Å². The smallest absolute Gasteiger partial charge is 0.318 e. The van der Waals surface area contributed by atoms with E-state index < -0.39 is 5.10 Å². The van der Waals surface area contributed by atoms with Gasteiger partial charge in [0.15, 0.2) is 11.8 Å². The zero-order chi connectivity index (χ0) is 8.55. The van der Waals surface area contributed by atoms with Crippen LogP contribution in [-0.4, -0.2) is 11.0 Å². The van der Waals surface area contributed by atoms with Gasteiger partial charge in [0.05, 0.1) is 5.75 Å². The molecule has 0 saturated carbocycles. The molecule has 0 saturated heterocycles. The third-order valence-corrected chi connectivity index (χ3v) is 9.72. The quantitative estimate of drug-likeness (QED) is 0.616. The second-order valence-corrected chi connectivity index (χ2v) is 11.7. The highest BCUT2D eigenvalue weighted by Gasteiger charge is 2.30. The van der Waals surface area contributed by atoms with Gasteiger partial charge in [0.25, 0.3) is 0 Å². The first-order valence-corrected chi connectivity index (χ1v) is 9.59. The molecule has 1 nitrogen and oxygen atoms in total. The average molecular weight is 252 g/mol. The Bertz CT molecular complexity index is 285. The minimum absolute atomic E-state index is 0.279. The first kappa shape index (κ1) is 9.41. The third-order valence-electron chi connectivity index (χ3n) is 1.48. The SMILES string of the molecule is [O-]C1=C2SC=CC2S[P+](=S)SC1. The van der Waals surface area contributed by atoms with Gasteiger partial charge in [-0.05, 0) is 10.3 Å². The summed E-state index contributed by atoms with van der Waals surface area (Å²) in [6.07, 6.45) is 2.08. The molecule has 12 heavy (non-hydrogen) atoms. The lowest BCUT2D eigenvalue weighted by Crippen LogP contribution is -2.10. The summed E-state index contributed by atoms with van der Waals surface area (Å²) in [5, 5.41) is 13.3. The number of fused-ring (bicyclic) bond motifs is 1. The second-order valence-electron chi connectivity index (χ2n) is 2.26. The highest BCUT2D eigenvalue weighted by molar-refractivity contribution is 8.94. The topological polar surface area (TPSA) is 23.1 Å². The maximum absolute atomic E-state index is 11.5. The fourth-order valence-corrected chi connectivity index (χ4v) is 8.57. The highest BCUT2D eigenvalue weighted by atomic mass is 33.2. The molecule has 2 atom stereocenters.